The van der Waals surface area contributed by atoms with Gasteiger partial charge in [0.05, 0.1) is 29.7 Å². The van der Waals surface area contributed by atoms with E-state index in [-0.39, 0.29) is 53.1 Å². The summed E-state index contributed by atoms with van der Waals surface area (Å²) >= 11 is 0. The zero-order valence-corrected chi connectivity index (χ0v) is 14.0. The number of carbonyl (C=O) groups excluding carboxylic acids is 3. The van der Waals surface area contributed by atoms with Crippen molar-refractivity contribution in [3.8, 4) is 0 Å². The molecule has 5 nitrogen and oxygen atoms in total. The molecule has 0 unspecified atom stereocenters. The Morgan fingerprint density at radius 1 is 1.12 bits per heavy atom. The van der Waals surface area contributed by atoms with Crippen LogP contribution in [0, 0.1) is 29.1 Å². The topological polar surface area (TPSA) is 63.7 Å². The maximum atomic E-state index is 13.2. The van der Waals surface area contributed by atoms with E-state index >= 15 is 0 Å². The second kappa shape index (κ2) is 4.81. The number of nitrogens with zero attached hydrogens (tertiary/aromatic N) is 1. The summed E-state index contributed by atoms with van der Waals surface area (Å²) in [7, 11) is 0. The van der Waals surface area contributed by atoms with Crippen molar-refractivity contribution < 1.29 is 19.1 Å². The quantitative estimate of drug-likeness (QED) is 0.483. The first-order valence-electron chi connectivity index (χ1n) is 8.92. The summed E-state index contributed by atoms with van der Waals surface area (Å²) in [5, 5.41) is 0. The molecule has 0 aromatic heterocycles. The van der Waals surface area contributed by atoms with E-state index in [2.05, 4.69) is 12.2 Å². The first kappa shape index (κ1) is 14.9. The lowest BCUT2D eigenvalue weighted by Gasteiger charge is -2.23. The molecule has 128 valence electrons. The molecule has 1 aliphatic heterocycles. The van der Waals surface area contributed by atoms with Crippen LogP contribution >= 0.6 is 0 Å². The number of hydrogen-bond donors (Lipinski definition) is 0. The van der Waals surface area contributed by atoms with Gasteiger partial charge >= 0.3 is 5.97 Å². The fourth-order valence-corrected chi connectivity index (χ4v) is 5.37. The Kier molecular flexibility index (Phi) is 2.86. The molecule has 2 saturated carbocycles. The van der Waals surface area contributed by atoms with Gasteiger partial charge in [-0.15, -0.1) is 0 Å². The Balaban J connectivity index is 1.55. The molecular formula is C20H19NO4. The van der Waals surface area contributed by atoms with Crippen LogP contribution < -0.4 is 4.90 Å². The van der Waals surface area contributed by atoms with Crippen LogP contribution in [-0.4, -0.2) is 24.4 Å². The number of carbonyl (C=O) groups is 3. The largest absolute Gasteiger partial charge is 0.462 e. The predicted molar refractivity (Wildman–Crippen MR) is 89.7 cm³/mol. The number of esters is 1. The summed E-state index contributed by atoms with van der Waals surface area (Å²) in [6, 6.07) is 6.72. The van der Waals surface area contributed by atoms with Crippen LogP contribution in [0.25, 0.3) is 0 Å². The fraction of sp³-hybridized carbons (Fsp3) is 0.450. The van der Waals surface area contributed by atoms with Crippen molar-refractivity contribution in [3.63, 3.8) is 0 Å². The molecule has 1 spiro atoms. The van der Waals surface area contributed by atoms with Gasteiger partial charge in [0.15, 0.2) is 0 Å². The highest BCUT2D eigenvalue weighted by Gasteiger charge is 2.73. The molecule has 25 heavy (non-hydrogen) atoms. The fourth-order valence-electron chi connectivity index (χ4n) is 5.37. The van der Waals surface area contributed by atoms with Gasteiger partial charge < -0.3 is 4.74 Å². The maximum absolute atomic E-state index is 13.2. The molecule has 1 aromatic carbocycles. The van der Waals surface area contributed by atoms with Crippen molar-refractivity contribution in [2.75, 3.05) is 11.5 Å². The second-order valence-corrected chi connectivity index (χ2v) is 7.47. The minimum Gasteiger partial charge on any atom is -0.462 e. The summed E-state index contributed by atoms with van der Waals surface area (Å²) in [5.41, 5.74) is 0.801. The van der Waals surface area contributed by atoms with Gasteiger partial charge in [-0.05, 0) is 49.1 Å². The van der Waals surface area contributed by atoms with E-state index in [1.54, 1.807) is 31.2 Å². The van der Waals surface area contributed by atoms with Crippen LogP contribution in [0.1, 0.15) is 30.1 Å². The van der Waals surface area contributed by atoms with Gasteiger partial charge in [-0.3, -0.25) is 9.59 Å². The third-order valence-electron chi connectivity index (χ3n) is 6.49. The molecule has 3 fully saturated rings. The van der Waals surface area contributed by atoms with Crippen LogP contribution in [-0.2, 0) is 14.3 Å². The van der Waals surface area contributed by atoms with E-state index in [9.17, 15) is 14.4 Å². The summed E-state index contributed by atoms with van der Waals surface area (Å²) in [5.74, 6) is -0.988. The number of amides is 2. The van der Waals surface area contributed by atoms with Crippen LogP contribution in [0.5, 0.6) is 0 Å². The lowest BCUT2D eigenvalue weighted by molar-refractivity contribution is -0.123. The van der Waals surface area contributed by atoms with Gasteiger partial charge in [0, 0.05) is 0 Å². The highest BCUT2D eigenvalue weighted by Crippen LogP contribution is 2.73. The molecular weight excluding hydrogens is 318 g/mol. The number of fused-ring (bicyclic) bond motifs is 3. The van der Waals surface area contributed by atoms with Crippen LogP contribution in [0.3, 0.4) is 0 Å². The van der Waals surface area contributed by atoms with Crippen molar-refractivity contribution in [2.45, 2.75) is 19.8 Å². The number of ether oxygens (including phenoxy) is 1. The van der Waals surface area contributed by atoms with Gasteiger partial charge in [-0.25, -0.2) is 9.69 Å². The van der Waals surface area contributed by atoms with Gasteiger partial charge in [0.25, 0.3) is 0 Å². The lowest BCUT2D eigenvalue weighted by atomic mass is 9.85. The van der Waals surface area contributed by atoms with Crippen LogP contribution in [0.15, 0.2) is 36.4 Å². The molecule has 3 aliphatic carbocycles. The molecule has 4 atom stereocenters. The van der Waals surface area contributed by atoms with E-state index in [1.165, 1.54) is 4.90 Å². The molecule has 1 aromatic rings. The Hall–Kier alpha value is -2.43. The molecule has 5 rings (SSSR count). The number of allylic oxidation sites excluding steroid dienone is 2. The Labute approximate surface area is 145 Å². The van der Waals surface area contributed by atoms with Gasteiger partial charge in [0.1, 0.15) is 0 Å². The summed E-state index contributed by atoms with van der Waals surface area (Å²) in [6.07, 6.45) is 6.51. The van der Waals surface area contributed by atoms with Crippen molar-refractivity contribution in [1.29, 1.82) is 0 Å². The smallest absolute Gasteiger partial charge is 0.340 e. The van der Waals surface area contributed by atoms with Crippen molar-refractivity contribution in [3.05, 3.63) is 42.0 Å². The van der Waals surface area contributed by atoms with Crippen molar-refractivity contribution in [2.24, 2.45) is 29.1 Å². The zero-order valence-electron chi connectivity index (χ0n) is 14.0. The Morgan fingerprint density at radius 2 is 1.72 bits per heavy atom. The maximum Gasteiger partial charge on any atom is 0.340 e. The molecule has 2 bridgehead atoms. The Bertz CT molecular complexity index is 804. The van der Waals surface area contributed by atoms with Gasteiger partial charge in [0.2, 0.25) is 11.8 Å². The van der Waals surface area contributed by atoms with E-state index < -0.39 is 5.97 Å². The van der Waals surface area contributed by atoms with Crippen LogP contribution in [0.2, 0.25) is 0 Å². The number of benzene rings is 1. The van der Waals surface area contributed by atoms with E-state index in [4.69, 9.17) is 4.74 Å². The minimum absolute atomic E-state index is 0.158. The number of rotatable bonds is 3. The zero-order chi connectivity index (χ0) is 17.3. The molecule has 0 N–H and O–H groups in total. The minimum atomic E-state index is -0.504. The third kappa shape index (κ3) is 1.71. The summed E-state index contributed by atoms with van der Waals surface area (Å²) < 4.78 is 5.09. The molecule has 4 aliphatic rings. The van der Waals surface area contributed by atoms with Crippen molar-refractivity contribution >= 4 is 23.5 Å². The average Bonchev–Trinajstić information content (AvgIpc) is 3.20. The number of hydrogen-bond acceptors (Lipinski definition) is 4. The van der Waals surface area contributed by atoms with Crippen molar-refractivity contribution in [1.82, 2.24) is 0 Å². The molecule has 5 heteroatoms. The molecule has 2 amide bonds. The molecule has 1 heterocycles. The SMILES string of the molecule is CCOC(=O)c1ccccc1N1C(=O)[C@@H]2[C@H](C1=O)[C@H]1C=C[C@H]2C12CC2. The first-order valence-corrected chi connectivity index (χ1v) is 8.92. The van der Waals surface area contributed by atoms with Crippen LogP contribution in [0.4, 0.5) is 5.69 Å². The monoisotopic (exact) mass is 337 g/mol. The third-order valence-corrected chi connectivity index (χ3v) is 6.49. The average molecular weight is 337 g/mol. The highest BCUT2D eigenvalue weighted by atomic mass is 16.5. The predicted octanol–water partition coefficient (Wildman–Crippen LogP) is 2.56. The van der Waals surface area contributed by atoms with E-state index in [1.807, 2.05) is 0 Å². The first-order chi connectivity index (χ1) is 12.1. The molecule has 0 radical (unpaired) electrons. The second-order valence-electron chi connectivity index (χ2n) is 7.47. The summed E-state index contributed by atoms with van der Waals surface area (Å²) in [6.45, 7) is 1.98. The number of imide groups is 1. The van der Waals surface area contributed by atoms with E-state index in [0.717, 1.165) is 12.8 Å². The van der Waals surface area contributed by atoms with Gasteiger partial charge in [-0.2, -0.15) is 0 Å². The highest BCUT2D eigenvalue weighted by molar-refractivity contribution is 6.24. The van der Waals surface area contributed by atoms with Gasteiger partial charge in [-0.1, -0.05) is 24.3 Å². The molecule has 1 saturated heterocycles. The number of para-hydroxylation sites is 1. The normalized spacial score (nSPS) is 33.2. The Morgan fingerprint density at radius 3 is 2.28 bits per heavy atom. The summed E-state index contributed by atoms with van der Waals surface area (Å²) in [4.78, 5) is 39.8. The number of anilines is 1. The van der Waals surface area contributed by atoms with E-state index in [0.29, 0.717) is 5.69 Å². The standard InChI is InChI=1S/C20H19NO4/c1-2-25-19(24)11-5-3-4-6-14(11)21-17(22)15-12-7-8-13(16(15)18(21)23)20(12)9-10-20/h3-8,12-13,15-16H,2,9-10H2,1H3/t12-,13-,15-,16+/m1/s1. The lowest BCUT2D eigenvalue weighted by Crippen LogP contribution is -2.35.